The van der Waals surface area contributed by atoms with Gasteiger partial charge in [-0.05, 0) is 25.2 Å². The van der Waals surface area contributed by atoms with Crippen LogP contribution >= 0.6 is 0 Å². The molecule has 2 saturated carbocycles. The van der Waals surface area contributed by atoms with Crippen LogP contribution in [-0.2, 0) is 19.1 Å². The fraction of sp³-hybridized carbons (Fsp3) is 0.800. The average Bonchev–Trinajstić information content (AvgIpc) is 2.72. The third kappa shape index (κ3) is 1.49. The quantitative estimate of drug-likeness (QED) is 0.611. The summed E-state index contributed by atoms with van der Waals surface area (Å²) in [4.78, 5) is 20.3. The van der Waals surface area contributed by atoms with E-state index in [0.717, 1.165) is 12.8 Å². The zero-order chi connectivity index (χ0) is 9.97. The van der Waals surface area contributed by atoms with Gasteiger partial charge in [0, 0.05) is 11.8 Å². The molecule has 4 atom stereocenters. The maximum atomic E-state index is 10.2. The summed E-state index contributed by atoms with van der Waals surface area (Å²) in [6.45, 7) is 1.51. The summed E-state index contributed by atoms with van der Waals surface area (Å²) >= 11 is 0. The SMILES string of the molecule is O=COCC1C2CCC1C(OC=O)C2. The molecule has 0 radical (unpaired) electrons. The van der Waals surface area contributed by atoms with Crippen molar-refractivity contribution in [3.8, 4) is 0 Å². The number of carbonyl (C=O) groups excluding carboxylic acids is 2. The van der Waals surface area contributed by atoms with E-state index in [-0.39, 0.29) is 6.10 Å². The Morgan fingerprint density at radius 3 is 2.79 bits per heavy atom. The fourth-order valence-electron chi connectivity index (χ4n) is 3.05. The molecule has 2 fully saturated rings. The predicted octanol–water partition coefficient (Wildman–Crippen LogP) is 0.747. The molecule has 0 aliphatic heterocycles. The van der Waals surface area contributed by atoms with Gasteiger partial charge in [0.15, 0.2) is 0 Å². The Morgan fingerprint density at radius 1 is 1.21 bits per heavy atom. The highest BCUT2D eigenvalue weighted by Gasteiger charge is 2.49. The minimum atomic E-state index is 0.0616. The molecule has 0 saturated heterocycles. The van der Waals surface area contributed by atoms with E-state index in [1.165, 1.54) is 6.42 Å². The molecular formula is C10H14O4. The van der Waals surface area contributed by atoms with E-state index in [2.05, 4.69) is 0 Å². The summed E-state index contributed by atoms with van der Waals surface area (Å²) < 4.78 is 9.82. The molecule has 4 unspecified atom stereocenters. The third-order valence-corrected chi connectivity index (χ3v) is 3.63. The van der Waals surface area contributed by atoms with Crippen molar-refractivity contribution in [3.63, 3.8) is 0 Å². The lowest BCUT2D eigenvalue weighted by Crippen LogP contribution is -2.22. The first-order chi connectivity index (χ1) is 6.86. The molecular weight excluding hydrogens is 184 g/mol. The standard InChI is InChI=1S/C10H14O4/c11-5-13-4-9-7-1-2-8(9)10(3-7)14-6-12/h5-10H,1-4H2. The van der Waals surface area contributed by atoms with Gasteiger partial charge in [-0.3, -0.25) is 9.59 Å². The van der Waals surface area contributed by atoms with Crippen molar-refractivity contribution in [1.29, 1.82) is 0 Å². The maximum Gasteiger partial charge on any atom is 0.293 e. The molecule has 14 heavy (non-hydrogen) atoms. The summed E-state index contributed by atoms with van der Waals surface area (Å²) in [6, 6.07) is 0. The number of fused-ring (bicyclic) bond motifs is 2. The van der Waals surface area contributed by atoms with Gasteiger partial charge >= 0.3 is 0 Å². The maximum absolute atomic E-state index is 10.2. The lowest BCUT2D eigenvalue weighted by Gasteiger charge is -2.19. The van der Waals surface area contributed by atoms with Crippen molar-refractivity contribution in [3.05, 3.63) is 0 Å². The van der Waals surface area contributed by atoms with Gasteiger partial charge in [0.05, 0.1) is 6.61 Å². The highest BCUT2D eigenvalue weighted by atomic mass is 16.5. The number of hydrogen-bond donors (Lipinski definition) is 0. The lowest BCUT2D eigenvalue weighted by molar-refractivity contribution is -0.137. The summed E-state index contributed by atoms with van der Waals surface area (Å²) in [7, 11) is 0. The van der Waals surface area contributed by atoms with Crippen LogP contribution < -0.4 is 0 Å². The molecule has 2 rings (SSSR count). The second kappa shape index (κ2) is 3.98. The zero-order valence-electron chi connectivity index (χ0n) is 7.93. The Kier molecular flexibility index (Phi) is 2.70. The van der Waals surface area contributed by atoms with Gasteiger partial charge in [-0.1, -0.05) is 0 Å². The van der Waals surface area contributed by atoms with Crippen molar-refractivity contribution in [2.45, 2.75) is 25.4 Å². The smallest absolute Gasteiger partial charge is 0.293 e. The predicted molar refractivity (Wildman–Crippen MR) is 47.3 cm³/mol. The fourth-order valence-corrected chi connectivity index (χ4v) is 3.05. The minimum absolute atomic E-state index is 0.0616. The van der Waals surface area contributed by atoms with E-state index in [0.29, 0.717) is 37.3 Å². The van der Waals surface area contributed by atoms with E-state index >= 15 is 0 Å². The van der Waals surface area contributed by atoms with Gasteiger partial charge in [0.25, 0.3) is 12.9 Å². The summed E-state index contributed by atoms with van der Waals surface area (Å²) in [5.74, 6) is 1.39. The average molecular weight is 198 g/mol. The second-order valence-corrected chi connectivity index (χ2v) is 4.10. The van der Waals surface area contributed by atoms with Crippen LogP contribution in [0.4, 0.5) is 0 Å². The molecule has 0 N–H and O–H groups in total. The molecule has 0 spiro atoms. The van der Waals surface area contributed by atoms with E-state index < -0.39 is 0 Å². The van der Waals surface area contributed by atoms with Crippen molar-refractivity contribution in [2.75, 3.05) is 6.61 Å². The molecule has 78 valence electrons. The number of carbonyl (C=O) groups is 2. The van der Waals surface area contributed by atoms with Crippen molar-refractivity contribution >= 4 is 12.9 Å². The molecule has 2 aliphatic rings. The molecule has 0 aromatic rings. The molecule has 2 bridgehead atoms. The highest BCUT2D eigenvalue weighted by Crippen LogP contribution is 2.50. The van der Waals surface area contributed by atoms with E-state index in [9.17, 15) is 9.59 Å². The molecule has 4 nitrogen and oxygen atoms in total. The van der Waals surface area contributed by atoms with Crippen LogP contribution in [0.5, 0.6) is 0 Å². The highest BCUT2D eigenvalue weighted by molar-refractivity contribution is 5.38. The van der Waals surface area contributed by atoms with Crippen LogP contribution in [0.1, 0.15) is 19.3 Å². The minimum Gasteiger partial charge on any atom is -0.468 e. The van der Waals surface area contributed by atoms with Crippen LogP contribution in [0.3, 0.4) is 0 Å². The van der Waals surface area contributed by atoms with Gasteiger partial charge in [-0.25, -0.2) is 0 Å². The first-order valence-electron chi connectivity index (χ1n) is 5.01. The Balaban J connectivity index is 1.93. The number of ether oxygens (including phenoxy) is 2. The first kappa shape index (κ1) is 9.49. The third-order valence-electron chi connectivity index (χ3n) is 3.63. The lowest BCUT2D eigenvalue weighted by atomic mass is 9.97. The molecule has 4 heteroatoms. The molecule has 0 heterocycles. The van der Waals surface area contributed by atoms with Gasteiger partial charge in [-0.15, -0.1) is 0 Å². The van der Waals surface area contributed by atoms with Crippen LogP contribution in [0, 0.1) is 17.8 Å². The van der Waals surface area contributed by atoms with Crippen LogP contribution in [0.25, 0.3) is 0 Å². The van der Waals surface area contributed by atoms with E-state index in [4.69, 9.17) is 9.47 Å². The summed E-state index contributed by atoms with van der Waals surface area (Å²) in [6.07, 6.45) is 3.27. The van der Waals surface area contributed by atoms with Gasteiger partial charge in [-0.2, -0.15) is 0 Å². The van der Waals surface area contributed by atoms with Crippen molar-refractivity contribution in [1.82, 2.24) is 0 Å². The first-order valence-corrected chi connectivity index (χ1v) is 5.01. The Morgan fingerprint density at radius 2 is 2.07 bits per heavy atom. The van der Waals surface area contributed by atoms with E-state index in [1.807, 2.05) is 0 Å². The Labute approximate surface area is 82.6 Å². The monoisotopic (exact) mass is 198 g/mol. The summed E-state index contributed by atoms with van der Waals surface area (Å²) in [5, 5.41) is 0. The molecule has 0 amide bonds. The van der Waals surface area contributed by atoms with Gasteiger partial charge in [0.2, 0.25) is 0 Å². The normalized spacial score (nSPS) is 39.4. The van der Waals surface area contributed by atoms with Crippen LogP contribution in [-0.4, -0.2) is 25.7 Å². The van der Waals surface area contributed by atoms with Crippen LogP contribution in [0.15, 0.2) is 0 Å². The van der Waals surface area contributed by atoms with Gasteiger partial charge < -0.3 is 9.47 Å². The largest absolute Gasteiger partial charge is 0.468 e. The number of rotatable bonds is 5. The van der Waals surface area contributed by atoms with Crippen LogP contribution in [0.2, 0.25) is 0 Å². The van der Waals surface area contributed by atoms with Crippen molar-refractivity contribution < 1.29 is 19.1 Å². The zero-order valence-corrected chi connectivity index (χ0v) is 7.93. The molecule has 2 aliphatic carbocycles. The van der Waals surface area contributed by atoms with Gasteiger partial charge in [0.1, 0.15) is 6.10 Å². The summed E-state index contributed by atoms with van der Waals surface area (Å²) in [5.41, 5.74) is 0. The van der Waals surface area contributed by atoms with Crippen molar-refractivity contribution in [2.24, 2.45) is 17.8 Å². The Bertz CT molecular complexity index is 228. The Hall–Kier alpha value is -1.06. The van der Waals surface area contributed by atoms with E-state index in [1.54, 1.807) is 0 Å². The number of hydrogen-bond acceptors (Lipinski definition) is 4. The molecule has 0 aromatic heterocycles. The second-order valence-electron chi connectivity index (χ2n) is 4.10. The molecule has 0 aromatic carbocycles. The topological polar surface area (TPSA) is 52.6 Å².